The lowest BCUT2D eigenvalue weighted by Gasteiger charge is -2.02. The third-order valence-corrected chi connectivity index (χ3v) is 1.11. The molecule has 0 radical (unpaired) electrons. The molecule has 0 fully saturated rings. The maximum atomic E-state index is 5.28. The minimum atomic E-state index is -0.125. The van der Waals surface area contributed by atoms with Crippen LogP contribution in [0.5, 0.6) is 0 Å². The molecule has 0 aromatic carbocycles. The number of methoxy groups -OCH3 is 1. The first-order valence-electron chi connectivity index (χ1n) is 2.02. The van der Waals surface area contributed by atoms with Crippen molar-refractivity contribution in [1.29, 1.82) is 0 Å². The van der Waals surface area contributed by atoms with E-state index in [0.29, 0.717) is 5.05 Å². The molecule has 0 heterocycles. The molecule has 0 aliphatic carbocycles. The van der Waals surface area contributed by atoms with Gasteiger partial charge in [-0.25, -0.2) is 0 Å². The van der Waals surface area contributed by atoms with Crippen molar-refractivity contribution < 1.29 is 4.74 Å². The Morgan fingerprint density at radius 3 is 2.12 bits per heavy atom. The minimum absolute atomic E-state index is 0. The summed E-state index contributed by atoms with van der Waals surface area (Å²) < 4.78 is 4.62. The van der Waals surface area contributed by atoms with Crippen LogP contribution in [0.15, 0.2) is 0 Å². The molecule has 50 valence electrons. The number of thiocarbonyl (C=S) groups is 1. The van der Waals surface area contributed by atoms with Gasteiger partial charge in [-0.05, 0) is 19.1 Å². The topological polar surface area (TPSA) is 35.2 Å². The molecule has 0 aromatic rings. The smallest absolute Gasteiger partial charge is 0.175 e. The molecule has 2 nitrogen and oxygen atoms in total. The van der Waals surface area contributed by atoms with E-state index in [-0.39, 0.29) is 18.4 Å². The van der Waals surface area contributed by atoms with Gasteiger partial charge in [-0.3, -0.25) is 0 Å². The summed E-state index contributed by atoms with van der Waals surface area (Å²) in [5, 5.41) is 0.458. The zero-order chi connectivity index (χ0) is 5.86. The number of rotatable bonds is 1. The summed E-state index contributed by atoms with van der Waals surface area (Å²) in [6.07, 6.45) is 0. The highest BCUT2D eigenvalue weighted by Gasteiger charge is 1.98. The van der Waals surface area contributed by atoms with Crippen molar-refractivity contribution in [1.82, 2.24) is 0 Å². The highest BCUT2D eigenvalue weighted by Crippen LogP contribution is 1.82. The first kappa shape index (κ1) is 11.0. The molecule has 8 heavy (non-hydrogen) atoms. The number of ether oxygens (including phenoxy) is 1. The van der Waals surface area contributed by atoms with Crippen LogP contribution in [-0.2, 0) is 4.74 Å². The Kier molecular flexibility index (Phi) is 7.26. The average molecular weight is 156 g/mol. The molecule has 0 rings (SSSR count). The average Bonchev–Trinajstić information content (AvgIpc) is 1.65. The van der Waals surface area contributed by atoms with Gasteiger partial charge in [0.2, 0.25) is 0 Å². The Balaban J connectivity index is 0. The molecule has 0 aromatic heterocycles. The predicted octanol–water partition coefficient (Wildman–Crippen LogP) is 0.729. The van der Waals surface area contributed by atoms with Gasteiger partial charge in [0.1, 0.15) is 0 Å². The van der Waals surface area contributed by atoms with Crippen LogP contribution < -0.4 is 5.73 Å². The van der Waals surface area contributed by atoms with E-state index in [0.717, 1.165) is 0 Å². The molecule has 2 N–H and O–H groups in total. The molecule has 0 spiro atoms. The second-order valence-corrected chi connectivity index (χ2v) is 1.71. The Hall–Kier alpha value is 0.140. The molecule has 0 bridgehead atoms. The van der Waals surface area contributed by atoms with Crippen LogP contribution in [0.4, 0.5) is 0 Å². The van der Waals surface area contributed by atoms with E-state index in [1.165, 1.54) is 7.11 Å². The van der Waals surface area contributed by atoms with E-state index in [9.17, 15) is 0 Å². The molecule has 0 aliphatic heterocycles. The number of hydrogen-bond donors (Lipinski definition) is 1. The van der Waals surface area contributed by atoms with Crippen LogP contribution >= 0.6 is 24.6 Å². The highest BCUT2D eigenvalue weighted by atomic mass is 35.5. The molecule has 0 saturated heterocycles. The summed E-state index contributed by atoms with van der Waals surface area (Å²) in [5.41, 5.74) is 5.28. The summed E-state index contributed by atoms with van der Waals surface area (Å²) in [5.74, 6) is 0. The number of halogens is 1. The van der Waals surface area contributed by atoms with Crippen molar-refractivity contribution in [3.63, 3.8) is 0 Å². The molecular weight excluding hydrogens is 146 g/mol. The standard InChI is InChI=1S/C4H9NOS.ClH/c1-3(5)4(7)6-2;/h3H,5H2,1-2H3;1H. The van der Waals surface area contributed by atoms with Crippen molar-refractivity contribution in [3.05, 3.63) is 0 Å². The van der Waals surface area contributed by atoms with Gasteiger partial charge in [-0.1, -0.05) is 0 Å². The van der Waals surface area contributed by atoms with Gasteiger partial charge in [0.05, 0.1) is 13.2 Å². The highest BCUT2D eigenvalue weighted by molar-refractivity contribution is 7.80. The molecule has 0 aliphatic rings. The summed E-state index contributed by atoms with van der Waals surface area (Å²) >= 11 is 4.63. The van der Waals surface area contributed by atoms with Crippen LogP contribution in [0.1, 0.15) is 6.92 Å². The third kappa shape index (κ3) is 4.30. The van der Waals surface area contributed by atoms with Crippen molar-refractivity contribution in [2.24, 2.45) is 5.73 Å². The van der Waals surface area contributed by atoms with Crippen molar-refractivity contribution >= 4 is 29.7 Å². The second-order valence-electron chi connectivity index (χ2n) is 1.31. The third-order valence-electron chi connectivity index (χ3n) is 0.573. The number of hydrogen-bond acceptors (Lipinski definition) is 3. The van der Waals surface area contributed by atoms with Crippen LogP contribution in [0, 0.1) is 0 Å². The van der Waals surface area contributed by atoms with Gasteiger partial charge in [0.15, 0.2) is 5.05 Å². The van der Waals surface area contributed by atoms with Gasteiger partial charge < -0.3 is 10.5 Å². The van der Waals surface area contributed by atoms with Crippen molar-refractivity contribution in [2.75, 3.05) is 7.11 Å². The lowest BCUT2D eigenvalue weighted by atomic mass is 10.4. The zero-order valence-corrected chi connectivity index (χ0v) is 6.51. The summed E-state index contributed by atoms with van der Waals surface area (Å²) in [6, 6.07) is -0.125. The van der Waals surface area contributed by atoms with Gasteiger partial charge in [0.25, 0.3) is 0 Å². The normalized spacial score (nSPS) is 11.4. The first-order chi connectivity index (χ1) is 3.18. The second kappa shape index (κ2) is 5.28. The van der Waals surface area contributed by atoms with Gasteiger partial charge in [-0.2, -0.15) is 0 Å². The van der Waals surface area contributed by atoms with E-state index in [4.69, 9.17) is 5.73 Å². The van der Waals surface area contributed by atoms with Gasteiger partial charge in [-0.15, -0.1) is 12.4 Å². The van der Waals surface area contributed by atoms with Gasteiger partial charge in [0, 0.05) is 0 Å². The van der Waals surface area contributed by atoms with Crippen molar-refractivity contribution in [2.45, 2.75) is 13.0 Å². The van der Waals surface area contributed by atoms with E-state index in [1.54, 1.807) is 6.92 Å². The maximum Gasteiger partial charge on any atom is 0.175 e. The summed E-state index contributed by atoms with van der Waals surface area (Å²) in [6.45, 7) is 1.78. The Labute approximate surface area is 60.8 Å². The fourth-order valence-electron chi connectivity index (χ4n) is 0.186. The fourth-order valence-corrected chi connectivity index (χ4v) is 0.186. The zero-order valence-electron chi connectivity index (χ0n) is 4.88. The lowest BCUT2D eigenvalue weighted by molar-refractivity contribution is 0.397. The monoisotopic (exact) mass is 155 g/mol. The predicted molar refractivity (Wildman–Crippen MR) is 40.5 cm³/mol. The molecule has 1 unspecified atom stereocenters. The fraction of sp³-hybridized carbons (Fsp3) is 0.750. The van der Waals surface area contributed by atoms with E-state index in [2.05, 4.69) is 17.0 Å². The van der Waals surface area contributed by atoms with Crippen LogP contribution in [0.25, 0.3) is 0 Å². The Bertz CT molecular complexity index is 76.4. The maximum absolute atomic E-state index is 5.28. The lowest BCUT2D eigenvalue weighted by Crippen LogP contribution is -2.25. The van der Waals surface area contributed by atoms with E-state index in [1.807, 2.05) is 0 Å². The van der Waals surface area contributed by atoms with Crippen LogP contribution in [0.2, 0.25) is 0 Å². The molecule has 4 heteroatoms. The first-order valence-corrected chi connectivity index (χ1v) is 2.42. The summed E-state index contributed by atoms with van der Waals surface area (Å²) in [7, 11) is 1.52. The quantitative estimate of drug-likeness (QED) is 0.568. The summed E-state index contributed by atoms with van der Waals surface area (Å²) in [4.78, 5) is 0. The van der Waals surface area contributed by atoms with Gasteiger partial charge >= 0.3 is 0 Å². The Morgan fingerprint density at radius 1 is 1.75 bits per heavy atom. The van der Waals surface area contributed by atoms with E-state index < -0.39 is 0 Å². The van der Waals surface area contributed by atoms with Crippen molar-refractivity contribution in [3.8, 4) is 0 Å². The largest absolute Gasteiger partial charge is 0.489 e. The minimum Gasteiger partial charge on any atom is -0.489 e. The van der Waals surface area contributed by atoms with E-state index >= 15 is 0 Å². The van der Waals surface area contributed by atoms with Crippen LogP contribution in [-0.4, -0.2) is 18.2 Å². The molecular formula is C4H10ClNOS. The SMILES string of the molecule is COC(=S)C(C)N.Cl. The molecule has 0 saturated carbocycles. The van der Waals surface area contributed by atoms with Crippen LogP contribution in [0.3, 0.4) is 0 Å². The molecule has 1 atom stereocenters. The molecule has 0 amide bonds. The Morgan fingerprint density at radius 2 is 2.12 bits per heavy atom. The number of nitrogens with two attached hydrogens (primary N) is 1.